The van der Waals surface area contributed by atoms with Crippen molar-refractivity contribution in [1.29, 1.82) is 0 Å². The van der Waals surface area contributed by atoms with Crippen LogP contribution in [-0.2, 0) is 14.4 Å². The number of para-hydroxylation sites is 1. The zero-order chi connectivity index (χ0) is 29.9. The van der Waals surface area contributed by atoms with Crippen LogP contribution < -0.4 is 25.4 Å². The zero-order valence-electron chi connectivity index (χ0n) is 24.0. The maximum atomic E-state index is 13.2. The lowest BCUT2D eigenvalue weighted by Crippen LogP contribution is -2.50. The molecule has 1 aliphatic heterocycles. The Balaban J connectivity index is 1.74. The predicted octanol–water partition coefficient (Wildman–Crippen LogP) is 3.10. The minimum Gasteiger partial charge on any atom is -0.492 e. The van der Waals surface area contributed by atoms with E-state index in [4.69, 9.17) is 21.1 Å². The van der Waals surface area contributed by atoms with Crippen molar-refractivity contribution in [3.8, 4) is 11.5 Å². The summed E-state index contributed by atoms with van der Waals surface area (Å²) in [5, 5.41) is 8.98. The van der Waals surface area contributed by atoms with E-state index in [1.807, 2.05) is 20.8 Å². The topological polar surface area (TPSA) is 126 Å². The maximum Gasteiger partial charge on any atom is 0.255 e. The molecule has 0 unspecified atom stereocenters. The van der Waals surface area contributed by atoms with E-state index < -0.39 is 23.9 Å². The smallest absolute Gasteiger partial charge is 0.255 e. The Kier molecular flexibility index (Phi) is 11.8. The Labute approximate surface area is 246 Å². The van der Waals surface area contributed by atoms with Crippen LogP contribution in [-0.4, -0.2) is 74.0 Å². The summed E-state index contributed by atoms with van der Waals surface area (Å²) < 4.78 is 11.6. The molecule has 41 heavy (non-hydrogen) atoms. The Morgan fingerprint density at radius 1 is 1.17 bits per heavy atom. The summed E-state index contributed by atoms with van der Waals surface area (Å²) in [5.74, 6) is -0.451. The number of carbonyl (C=O) groups is 4. The van der Waals surface area contributed by atoms with Gasteiger partial charge >= 0.3 is 0 Å². The fourth-order valence-electron chi connectivity index (χ4n) is 4.36. The van der Waals surface area contributed by atoms with Gasteiger partial charge < -0.3 is 30.3 Å². The number of ether oxygens (including phenoxy) is 2. The number of likely N-dealkylation sites (N-methyl/N-ethyl adjacent to an activating group) is 1. The highest BCUT2D eigenvalue weighted by atomic mass is 35.5. The molecule has 2 aromatic carbocycles. The van der Waals surface area contributed by atoms with Crippen molar-refractivity contribution in [2.75, 3.05) is 33.4 Å². The quantitative estimate of drug-likeness (QED) is 0.428. The molecule has 0 saturated heterocycles. The number of carbonyl (C=O) groups excluding carboxylic acids is 4. The monoisotopic (exact) mass is 586 g/mol. The van der Waals surface area contributed by atoms with Crippen molar-refractivity contribution < 1.29 is 28.7 Å². The number of hydrogen-bond donors (Lipinski definition) is 3. The molecular weight excluding hydrogens is 548 g/mol. The van der Waals surface area contributed by atoms with Crippen LogP contribution in [0, 0.1) is 12.8 Å². The van der Waals surface area contributed by atoms with Gasteiger partial charge in [0.15, 0.2) is 0 Å². The molecule has 10 nitrogen and oxygen atoms in total. The number of benzene rings is 2. The molecule has 3 rings (SSSR count). The van der Waals surface area contributed by atoms with Gasteiger partial charge in [0.2, 0.25) is 17.7 Å². The first-order valence-electron chi connectivity index (χ1n) is 13.8. The molecule has 0 aromatic heterocycles. The van der Waals surface area contributed by atoms with Gasteiger partial charge in [-0.1, -0.05) is 37.6 Å². The zero-order valence-corrected chi connectivity index (χ0v) is 24.8. The third kappa shape index (κ3) is 9.67. The van der Waals surface area contributed by atoms with Crippen LogP contribution in [0.3, 0.4) is 0 Å². The summed E-state index contributed by atoms with van der Waals surface area (Å²) in [6.07, 6.45) is 0.428. The average Bonchev–Trinajstić information content (AvgIpc) is 2.93. The average molecular weight is 587 g/mol. The second kappa shape index (κ2) is 15.3. The maximum absolute atomic E-state index is 13.2. The predicted molar refractivity (Wildman–Crippen MR) is 156 cm³/mol. The molecule has 0 aliphatic carbocycles. The number of hydrogen-bond acceptors (Lipinski definition) is 6. The number of nitrogens with zero attached hydrogens (tertiary/aromatic N) is 1. The van der Waals surface area contributed by atoms with Gasteiger partial charge in [-0.2, -0.15) is 0 Å². The highest BCUT2D eigenvalue weighted by molar-refractivity contribution is 6.31. The van der Waals surface area contributed by atoms with E-state index in [2.05, 4.69) is 16.0 Å². The summed E-state index contributed by atoms with van der Waals surface area (Å²) in [6.45, 7) is 6.60. The highest BCUT2D eigenvalue weighted by Gasteiger charge is 2.28. The summed E-state index contributed by atoms with van der Waals surface area (Å²) in [6, 6.07) is 10.3. The highest BCUT2D eigenvalue weighted by Crippen LogP contribution is 2.21. The van der Waals surface area contributed by atoms with Crippen molar-refractivity contribution in [3.05, 3.63) is 58.6 Å². The van der Waals surface area contributed by atoms with Gasteiger partial charge in [-0.3, -0.25) is 19.2 Å². The molecule has 4 amide bonds. The van der Waals surface area contributed by atoms with Crippen LogP contribution in [0.25, 0.3) is 0 Å². The van der Waals surface area contributed by atoms with Gasteiger partial charge in [0, 0.05) is 18.5 Å². The van der Waals surface area contributed by atoms with Crippen molar-refractivity contribution in [1.82, 2.24) is 20.9 Å². The van der Waals surface area contributed by atoms with Crippen LogP contribution in [0.2, 0.25) is 5.02 Å². The minimum atomic E-state index is -1.01. The van der Waals surface area contributed by atoms with Crippen molar-refractivity contribution in [3.63, 3.8) is 0 Å². The molecule has 11 heteroatoms. The molecule has 0 radical (unpaired) electrons. The van der Waals surface area contributed by atoms with Gasteiger partial charge in [-0.25, -0.2) is 0 Å². The Bertz CT molecular complexity index is 1240. The number of nitrogens with one attached hydrogen (secondary N) is 3. The van der Waals surface area contributed by atoms with Crippen molar-refractivity contribution in [2.45, 2.75) is 52.1 Å². The lowest BCUT2D eigenvalue weighted by Gasteiger charge is -2.26. The second-order valence-corrected chi connectivity index (χ2v) is 10.9. The first-order valence-corrected chi connectivity index (χ1v) is 14.2. The molecule has 1 aliphatic rings. The number of fused-ring (bicyclic) bond motifs is 1. The van der Waals surface area contributed by atoms with E-state index in [0.717, 1.165) is 5.56 Å². The number of halogens is 1. The van der Waals surface area contributed by atoms with Gasteiger partial charge in [0.05, 0.1) is 18.7 Å². The standard InChI is InChI=1S/C30H39ClN4O6/c1-19(2)17-25-30(39)35(4)14-16-41-26-8-6-5-7-22(26)28(37)34-24(11-12-27(36)33-25)29(38)32-13-15-40-21-9-10-23(31)20(3)18-21/h5-10,18-19,24-25H,11-17H2,1-4H3,(H,32,38)(H,33,36)(H,34,37)/t24-,25+/m0/s1. The summed E-state index contributed by atoms with van der Waals surface area (Å²) >= 11 is 6.06. The summed E-state index contributed by atoms with van der Waals surface area (Å²) in [5.41, 5.74) is 1.12. The molecule has 1 heterocycles. The second-order valence-electron chi connectivity index (χ2n) is 10.5. The molecular formula is C30H39ClN4O6. The van der Waals surface area contributed by atoms with E-state index >= 15 is 0 Å². The van der Waals surface area contributed by atoms with Crippen LogP contribution in [0.1, 0.15) is 49.0 Å². The molecule has 0 fully saturated rings. The number of amides is 4. The molecule has 0 saturated carbocycles. The lowest BCUT2D eigenvalue weighted by atomic mass is 10.0. The fourth-order valence-corrected chi connectivity index (χ4v) is 4.48. The normalized spacial score (nSPS) is 18.8. The van der Waals surface area contributed by atoms with Crippen LogP contribution in [0.15, 0.2) is 42.5 Å². The summed E-state index contributed by atoms with van der Waals surface area (Å²) in [7, 11) is 1.65. The summed E-state index contributed by atoms with van der Waals surface area (Å²) in [4.78, 5) is 53.9. The lowest BCUT2D eigenvalue weighted by molar-refractivity contribution is -0.136. The first-order chi connectivity index (χ1) is 19.5. The van der Waals surface area contributed by atoms with E-state index in [0.29, 0.717) is 22.9 Å². The Morgan fingerprint density at radius 3 is 2.66 bits per heavy atom. The molecule has 2 aromatic rings. The van der Waals surface area contributed by atoms with Gasteiger partial charge in [-0.15, -0.1) is 0 Å². The number of rotatable bonds is 7. The van der Waals surface area contributed by atoms with Crippen molar-refractivity contribution in [2.24, 2.45) is 5.92 Å². The van der Waals surface area contributed by atoms with E-state index in [-0.39, 0.29) is 62.4 Å². The molecule has 2 atom stereocenters. The molecule has 222 valence electrons. The van der Waals surface area contributed by atoms with Crippen LogP contribution in [0.5, 0.6) is 11.5 Å². The van der Waals surface area contributed by atoms with Gasteiger partial charge in [-0.05, 0) is 61.6 Å². The molecule has 0 spiro atoms. The van der Waals surface area contributed by atoms with E-state index in [1.165, 1.54) is 4.90 Å². The first kappa shape index (κ1) is 31.7. The van der Waals surface area contributed by atoms with Crippen LogP contribution >= 0.6 is 11.6 Å². The Hall–Kier alpha value is -3.79. The van der Waals surface area contributed by atoms with Gasteiger partial charge in [0.1, 0.15) is 36.8 Å². The van der Waals surface area contributed by atoms with Crippen molar-refractivity contribution >= 4 is 35.2 Å². The fraction of sp³-hybridized carbons (Fsp3) is 0.467. The Morgan fingerprint density at radius 2 is 1.93 bits per heavy atom. The minimum absolute atomic E-state index is 0.0299. The van der Waals surface area contributed by atoms with Gasteiger partial charge in [0.25, 0.3) is 5.91 Å². The third-order valence-electron chi connectivity index (χ3n) is 6.61. The SMILES string of the molecule is Cc1cc(OCCNC(=O)[C@@H]2CCC(=O)N[C@H](CC(C)C)C(=O)N(C)CCOc3ccccc3C(=O)N2)ccc1Cl. The van der Waals surface area contributed by atoms with Crippen LogP contribution in [0.4, 0.5) is 0 Å². The third-order valence-corrected chi connectivity index (χ3v) is 7.04. The molecule has 3 N–H and O–H groups in total. The van der Waals surface area contributed by atoms with E-state index in [1.54, 1.807) is 49.5 Å². The molecule has 0 bridgehead atoms. The van der Waals surface area contributed by atoms with E-state index in [9.17, 15) is 19.2 Å². The largest absolute Gasteiger partial charge is 0.492 e. The number of aryl methyl sites for hydroxylation is 1.